The molecule has 2 saturated heterocycles. The van der Waals surface area contributed by atoms with Crippen LogP contribution in [0.25, 0.3) is 0 Å². The van der Waals surface area contributed by atoms with E-state index in [0.717, 1.165) is 45.7 Å². The van der Waals surface area contributed by atoms with Crippen LogP contribution in [-0.4, -0.2) is 79.5 Å². The van der Waals surface area contributed by atoms with Crippen molar-refractivity contribution in [2.24, 2.45) is 0 Å². The maximum Gasteiger partial charge on any atom is 0.338 e. The van der Waals surface area contributed by atoms with E-state index in [1.54, 1.807) is 31.2 Å². The van der Waals surface area contributed by atoms with Gasteiger partial charge < -0.3 is 15.0 Å². The summed E-state index contributed by atoms with van der Waals surface area (Å²) >= 11 is 0. The number of carbonyl (C=O) groups excluding carboxylic acids is 3. The van der Waals surface area contributed by atoms with Crippen molar-refractivity contribution in [2.45, 2.75) is 32.4 Å². The number of amides is 2. The second-order valence-corrected chi connectivity index (χ2v) is 9.00. The molecule has 2 aliphatic rings. The number of rotatable bonds is 10. The minimum atomic E-state index is -0.505. The summed E-state index contributed by atoms with van der Waals surface area (Å²) in [6.07, 6.45) is 1.07. The zero-order valence-electron chi connectivity index (χ0n) is 20.3. The number of benzene rings is 2. The lowest BCUT2D eigenvalue weighted by Gasteiger charge is -2.34. The van der Waals surface area contributed by atoms with Crippen molar-refractivity contribution in [3.8, 4) is 0 Å². The van der Waals surface area contributed by atoms with Gasteiger partial charge in [-0.15, -0.1) is 0 Å². The van der Waals surface area contributed by atoms with Crippen LogP contribution in [0.15, 0.2) is 54.6 Å². The minimum absolute atomic E-state index is 0.149. The number of hydrogen-bond acceptors (Lipinski definition) is 7. The lowest BCUT2D eigenvalue weighted by molar-refractivity contribution is -0.121. The molecule has 0 aromatic heterocycles. The zero-order chi connectivity index (χ0) is 24.6. The molecule has 2 aliphatic heterocycles. The van der Waals surface area contributed by atoms with E-state index in [1.807, 2.05) is 6.07 Å². The summed E-state index contributed by atoms with van der Waals surface area (Å²) in [5.41, 5.74) is 2.22. The number of nitrogens with one attached hydrogen (secondary N) is 1. The molecule has 4 rings (SSSR count). The Bertz CT molecular complexity index is 1000. The molecule has 1 unspecified atom stereocenters. The Hall–Kier alpha value is -3.07. The number of carbonyl (C=O) groups is 3. The smallest absolute Gasteiger partial charge is 0.338 e. The predicted octanol–water partition coefficient (Wildman–Crippen LogP) is 2.29. The highest BCUT2D eigenvalue weighted by Crippen LogP contribution is 2.23. The first kappa shape index (κ1) is 25.0. The Morgan fingerprint density at radius 3 is 2.34 bits per heavy atom. The summed E-state index contributed by atoms with van der Waals surface area (Å²) in [7, 11) is 0. The zero-order valence-corrected chi connectivity index (χ0v) is 20.3. The number of esters is 1. The molecule has 2 aromatic rings. The summed E-state index contributed by atoms with van der Waals surface area (Å²) in [6, 6.07) is 16.4. The van der Waals surface area contributed by atoms with Gasteiger partial charge in [0.2, 0.25) is 5.91 Å². The third-order valence-corrected chi connectivity index (χ3v) is 6.54. The van der Waals surface area contributed by atoms with Crippen molar-refractivity contribution in [1.82, 2.24) is 15.1 Å². The number of nitrogens with zero attached hydrogens (tertiary/aromatic N) is 3. The molecule has 1 N–H and O–H groups in total. The van der Waals surface area contributed by atoms with Crippen molar-refractivity contribution in [3.63, 3.8) is 0 Å². The van der Waals surface area contributed by atoms with E-state index in [2.05, 4.69) is 39.4 Å². The molecule has 8 nitrogen and oxygen atoms in total. The lowest BCUT2D eigenvalue weighted by Crippen LogP contribution is -2.46. The van der Waals surface area contributed by atoms with Crippen LogP contribution in [0.4, 0.5) is 5.69 Å². The van der Waals surface area contributed by atoms with E-state index in [9.17, 15) is 14.4 Å². The van der Waals surface area contributed by atoms with Crippen LogP contribution in [0.2, 0.25) is 0 Å². The van der Waals surface area contributed by atoms with Crippen LogP contribution in [0.5, 0.6) is 0 Å². The number of ether oxygens (including phenoxy) is 1. The van der Waals surface area contributed by atoms with Crippen molar-refractivity contribution < 1.29 is 19.1 Å². The van der Waals surface area contributed by atoms with Gasteiger partial charge in [0.05, 0.1) is 30.3 Å². The van der Waals surface area contributed by atoms with Crippen LogP contribution in [0.3, 0.4) is 0 Å². The fraction of sp³-hybridized carbons (Fsp3) is 0.444. The van der Waals surface area contributed by atoms with Gasteiger partial charge in [0.25, 0.3) is 5.91 Å². The molecule has 0 bridgehead atoms. The van der Waals surface area contributed by atoms with Crippen molar-refractivity contribution >= 4 is 23.5 Å². The van der Waals surface area contributed by atoms with Gasteiger partial charge in [-0.25, -0.2) is 9.69 Å². The first-order valence-electron chi connectivity index (χ1n) is 12.4. The normalized spacial score (nSPS) is 19.3. The van der Waals surface area contributed by atoms with Gasteiger partial charge in [0.15, 0.2) is 0 Å². The topological polar surface area (TPSA) is 82.2 Å². The van der Waals surface area contributed by atoms with E-state index < -0.39 is 12.0 Å². The third kappa shape index (κ3) is 6.54. The number of imide groups is 1. The highest BCUT2D eigenvalue weighted by Gasteiger charge is 2.39. The Labute approximate surface area is 206 Å². The number of anilines is 1. The molecule has 0 aliphatic carbocycles. The average Bonchev–Trinajstić information content (AvgIpc) is 3.16. The molecule has 1 atom stereocenters. The Kier molecular flexibility index (Phi) is 8.63. The minimum Gasteiger partial charge on any atom is -0.462 e. The van der Waals surface area contributed by atoms with Gasteiger partial charge in [-0.3, -0.25) is 14.5 Å². The fourth-order valence-electron chi connectivity index (χ4n) is 4.62. The van der Waals surface area contributed by atoms with Gasteiger partial charge in [-0.2, -0.15) is 0 Å². The Balaban J connectivity index is 1.17. The van der Waals surface area contributed by atoms with Gasteiger partial charge >= 0.3 is 5.97 Å². The third-order valence-electron chi connectivity index (χ3n) is 6.54. The molecule has 0 radical (unpaired) electrons. The summed E-state index contributed by atoms with van der Waals surface area (Å²) < 4.78 is 4.98. The highest BCUT2D eigenvalue weighted by molar-refractivity contribution is 6.22. The van der Waals surface area contributed by atoms with Crippen LogP contribution in [0, 0.1) is 0 Å². The van der Waals surface area contributed by atoms with E-state index in [0.29, 0.717) is 24.4 Å². The fourth-order valence-corrected chi connectivity index (χ4v) is 4.62. The summed E-state index contributed by atoms with van der Waals surface area (Å²) in [6.45, 7) is 8.89. The summed E-state index contributed by atoms with van der Waals surface area (Å²) in [5.74, 6) is -0.894. The van der Waals surface area contributed by atoms with Crippen LogP contribution >= 0.6 is 0 Å². The van der Waals surface area contributed by atoms with E-state index in [4.69, 9.17) is 4.74 Å². The average molecular weight is 479 g/mol. The quantitative estimate of drug-likeness (QED) is 0.319. The predicted molar refractivity (Wildman–Crippen MR) is 134 cm³/mol. The molecular weight excluding hydrogens is 444 g/mol. The molecule has 2 amide bonds. The molecule has 2 heterocycles. The van der Waals surface area contributed by atoms with E-state index >= 15 is 0 Å². The Morgan fingerprint density at radius 2 is 1.66 bits per heavy atom. The molecule has 2 fully saturated rings. The molecule has 0 spiro atoms. The van der Waals surface area contributed by atoms with Gasteiger partial charge in [-0.1, -0.05) is 30.3 Å². The van der Waals surface area contributed by atoms with Crippen molar-refractivity contribution in [1.29, 1.82) is 0 Å². The molecular formula is C27H34N4O4. The number of hydrogen-bond donors (Lipinski definition) is 1. The second kappa shape index (κ2) is 12.1. The van der Waals surface area contributed by atoms with E-state index in [1.165, 1.54) is 10.5 Å². The van der Waals surface area contributed by atoms with Crippen molar-refractivity contribution in [3.05, 3.63) is 65.7 Å². The molecule has 0 saturated carbocycles. The van der Waals surface area contributed by atoms with Crippen molar-refractivity contribution in [2.75, 3.05) is 50.8 Å². The first-order valence-corrected chi connectivity index (χ1v) is 12.4. The molecule has 186 valence electrons. The monoisotopic (exact) mass is 478 g/mol. The van der Waals surface area contributed by atoms with Crippen LogP contribution in [-0.2, 0) is 20.9 Å². The van der Waals surface area contributed by atoms with Gasteiger partial charge in [-0.05, 0) is 56.3 Å². The van der Waals surface area contributed by atoms with Gasteiger partial charge in [0.1, 0.15) is 0 Å². The SMILES string of the molecule is CCOC(=O)c1ccc(N2C(=O)CC(NCCCN3CCN(Cc4ccccc4)CC3)C2=O)cc1. The largest absolute Gasteiger partial charge is 0.462 e. The highest BCUT2D eigenvalue weighted by atomic mass is 16.5. The maximum absolute atomic E-state index is 12.9. The summed E-state index contributed by atoms with van der Waals surface area (Å²) in [5, 5.41) is 3.27. The van der Waals surface area contributed by atoms with Crippen LogP contribution in [0.1, 0.15) is 35.7 Å². The Morgan fingerprint density at radius 1 is 0.971 bits per heavy atom. The van der Waals surface area contributed by atoms with Gasteiger partial charge in [0, 0.05) is 32.7 Å². The molecule has 2 aromatic carbocycles. The standard InChI is InChI=1S/C27H34N4O4/c1-2-35-27(34)22-9-11-23(12-10-22)31-25(32)19-24(26(31)33)28-13-6-14-29-15-17-30(18-16-29)20-21-7-4-3-5-8-21/h3-5,7-12,24,28H,2,6,13-20H2,1H3. The van der Waals surface area contributed by atoms with E-state index in [-0.39, 0.29) is 18.2 Å². The molecule has 8 heteroatoms. The summed E-state index contributed by atoms with van der Waals surface area (Å²) in [4.78, 5) is 43.4. The maximum atomic E-state index is 12.9. The lowest BCUT2D eigenvalue weighted by atomic mass is 10.2. The molecule has 35 heavy (non-hydrogen) atoms. The van der Waals surface area contributed by atoms with Crippen LogP contribution < -0.4 is 10.2 Å². The first-order chi connectivity index (χ1) is 17.0. The second-order valence-electron chi connectivity index (χ2n) is 9.00. The number of piperazine rings is 1.